The minimum absolute atomic E-state index is 0.121. The molecule has 2 rings (SSSR count). The molecule has 0 unspecified atom stereocenters. The van der Waals surface area contributed by atoms with Gasteiger partial charge < -0.3 is 0 Å². The topological polar surface area (TPSA) is 0 Å². The molecule has 0 aromatic heterocycles. The fourth-order valence-electron chi connectivity index (χ4n) is 2.61. The molecule has 0 saturated heterocycles. The average molecular weight is 293 g/mol. The molecule has 19 heavy (non-hydrogen) atoms. The Kier molecular flexibility index (Phi) is 4.48. The van der Waals surface area contributed by atoms with E-state index in [9.17, 15) is 0 Å². The van der Waals surface area contributed by atoms with Gasteiger partial charge in [-0.25, -0.2) is 0 Å². The van der Waals surface area contributed by atoms with Crippen LogP contribution in [0.1, 0.15) is 39.2 Å². The van der Waals surface area contributed by atoms with Crippen LogP contribution in [0.2, 0.25) is 0 Å². The molecule has 0 bridgehead atoms. The van der Waals surface area contributed by atoms with Gasteiger partial charge in [0.1, 0.15) is 0 Å². The Balaban J connectivity index is 2.32. The largest absolute Gasteiger partial charge is 0.379 e. The van der Waals surface area contributed by atoms with Crippen LogP contribution in [0.15, 0.2) is 47.5 Å². The van der Waals surface area contributed by atoms with E-state index in [1.807, 2.05) is 6.07 Å². The van der Waals surface area contributed by atoms with Gasteiger partial charge in [-0.05, 0) is 29.4 Å². The maximum atomic E-state index is 6.19. The van der Waals surface area contributed by atoms with Gasteiger partial charge in [0.25, 0.3) is 0 Å². The van der Waals surface area contributed by atoms with Gasteiger partial charge in [0.15, 0.2) is 0 Å². The van der Waals surface area contributed by atoms with Crippen molar-refractivity contribution < 1.29 is 0 Å². The van der Waals surface area contributed by atoms with Crippen molar-refractivity contribution in [2.75, 3.05) is 0 Å². The van der Waals surface area contributed by atoms with E-state index < -0.39 is 5.54 Å². The lowest BCUT2D eigenvalue weighted by atomic mass is 9.69. The van der Waals surface area contributed by atoms with Crippen LogP contribution < -0.4 is 0 Å². The molecule has 0 spiro atoms. The molecule has 0 atom stereocenters. The van der Waals surface area contributed by atoms with E-state index in [1.54, 1.807) is 0 Å². The molecule has 3 heteroatoms. The van der Waals surface area contributed by atoms with Crippen LogP contribution in [0.4, 0.5) is 0 Å². The lowest BCUT2D eigenvalue weighted by Crippen LogP contribution is -2.19. The quantitative estimate of drug-likeness (QED) is 0.612. The zero-order chi connectivity index (χ0) is 14.0. The van der Waals surface area contributed by atoms with Crippen LogP contribution in [0, 0.1) is 5.41 Å². The van der Waals surface area contributed by atoms with Gasteiger partial charge in [0, 0.05) is 0 Å². The Morgan fingerprint density at radius 2 is 1.68 bits per heavy atom. The van der Waals surface area contributed by atoms with Crippen molar-refractivity contribution in [1.29, 1.82) is 0 Å². The van der Waals surface area contributed by atoms with Gasteiger partial charge in [-0.1, -0.05) is 68.2 Å². The zero-order valence-corrected chi connectivity index (χ0v) is 13.2. The van der Waals surface area contributed by atoms with E-state index in [0.717, 1.165) is 12.8 Å². The summed E-state index contributed by atoms with van der Waals surface area (Å²) in [5.41, 5.74) is 4.86. The Morgan fingerprint density at radius 3 is 2.21 bits per heavy atom. The summed E-state index contributed by atoms with van der Waals surface area (Å²) in [5, 5.41) is 0. The molecule has 0 amide bonds. The van der Waals surface area contributed by atoms with E-state index in [1.165, 1.54) is 22.2 Å². The first kappa shape index (κ1) is 14.7. The van der Waals surface area contributed by atoms with Crippen molar-refractivity contribution in [1.82, 2.24) is 0 Å². The molecule has 1 aliphatic carbocycles. The summed E-state index contributed by atoms with van der Waals surface area (Å²) >= 11 is 12.4. The Bertz CT molecular complexity index is 507. The summed E-state index contributed by atoms with van der Waals surface area (Å²) < 4.78 is 0. The van der Waals surface area contributed by atoms with E-state index in [2.05, 4.69) is 51.1 Å². The molecule has 0 heterocycles. The third kappa shape index (κ3) is 3.46. The van der Waals surface area contributed by atoms with Crippen molar-refractivity contribution >= 4 is 34.0 Å². The molecule has 0 saturated carbocycles. The van der Waals surface area contributed by atoms with Gasteiger partial charge in [-0.2, -0.15) is 22.9 Å². The minimum Gasteiger partial charge on any atom is -0.165 e. The predicted molar refractivity (Wildman–Crippen MR) is 87.6 cm³/mol. The molecule has 0 radical (unpaired) electrons. The summed E-state index contributed by atoms with van der Waals surface area (Å²) in [4.78, 5) is 0. The van der Waals surface area contributed by atoms with E-state index in [0.29, 0.717) is 0 Å². The van der Waals surface area contributed by atoms with Crippen molar-refractivity contribution in [2.45, 2.75) is 33.6 Å². The second-order valence-electron chi connectivity index (χ2n) is 6.03. The number of hydrogen-bond donors (Lipinski definition) is 0. The SMILES string of the molecule is CC(C)(C)C1=C(B(Cl)Cl)CC(c2ccccc2)=CC1. The Hall–Kier alpha value is -0.655. The summed E-state index contributed by atoms with van der Waals surface area (Å²) in [7, 11) is 0. The maximum Gasteiger partial charge on any atom is 0.379 e. The third-order valence-electron chi connectivity index (χ3n) is 3.63. The molecule has 0 N–H and O–H groups in total. The second-order valence-corrected chi connectivity index (χ2v) is 7.13. The number of allylic oxidation sites excluding steroid dienone is 4. The maximum absolute atomic E-state index is 6.19. The average Bonchev–Trinajstić information content (AvgIpc) is 2.38. The monoisotopic (exact) mass is 292 g/mol. The number of halogens is 2. The summed E-state index contributed by atoms with van der Waals surface area (Å²) in [5.74, 6) is 0. The Morgan fingerprint density at radius 1 is 1.05 bits per heavy atom. The summed E-state index contributed by atoms with van der Waals surface area (Å²) in [6.45, 7) is 6.67. The molecule has 0 aliphatic heterocycles. The molecule has 0 nitrogen and oxygen atoms in total. The first-order valence-corrected chi connectivity index (χ1v) is 7.52. The minimum atomic E-state index is -0.415. The van der Waals surface area contributed by atoms with Crippen LogP contribution in [-0.4, -0.2) is 5.54 Å². The highest BCUT2D eigenvalue weighted by Gasteiger charge is 2.28. The van der Waals surface area contributed by atoms with Gasteiger partial charge in [0.2, 0.25) is 0 Å². The Labute approximate surface area is 126 Å². The molecule has 1 aromatic carbocycles. The fraction of sp³-hybridized carbons (Fsp3) is 0.375. The van der Waals surface area contributed by atoms with E-state index >= 15 is 0 Å². The van der Waals surface area contributed by atoms with Crippen molar-refractivity contribution in [2.24, 2.45) is 5.41 Å². The highest BCUT2D eigenvalue weighted by molar-refractivity contribution is 7.37. The lowest BCUT2D eigenvalue weighted by molar-refractivity contribution is 0.489. The molecular weight excluding hydrogens is 274 g/mol. The smallest absolute Gasteiger partial charge is 0.165 e. The molecule has 100 valence electrons. The first-order chi connectivity index (χ1) is 8.89. The van der Waals surface area contributed by atoms with E-state index in [-0.39, 0.29) is 5.41 Å². The third-order valence-corrected chi connectivity index (χ3v) is 4.16. The van der Waals surface area contributed by atoms with Crippen LogP contribution in [0.5, 0.6) is 0 Å². The molecular formula is C16H19BCl2. The van der Waals surface area contributed by atoms with Crippen LogP contribution in [-0.2, 0) is 0 Å². The van der Waals surface area contributed by atoms with Crippen LogP contribution in [0.25, 0.3) is 5.57 Å². The van der Waals surface area contributed by atoms with Gasteiger partial charge in [0.05, 0.1) is 0 Å². The summed E-state index contributed by atoms with van der Waals surface area (Å²) in [6.07, 6.45) is 4.11. The summed E-state index contributed by atoms with van der Waals surface area (Å²) in [6, 6.07) is 10.5. The van der Waals surface area contributed by atoms with Crippen LogP contribution >= 0.6 is 22.9 Å². The van der Waals surface area contributed by atoms with Crippen molar-refractivity contribution in [3.05, 3.63) is 53.0 Å². The van der Waals surface area contributed by atoms with Gasteiger partial charge >= 0.3 is 5.54 Å². The van der Waals surface area contributed by atoms with E-state index in [4.69, 9.17) is 22.9 Å². The van der Waals surface area contributed by atoms with Gasteiger partial charge in [-0.15, -0.1) is 0 Å². The molecule has 1 aliphatic rings. The first-order valence-electron chi connectivity index (χ1n) is 6.64. The molecule has 1 aromatic rings. The number of benzene rings is 1. The normalized spacial score (nSPS) is 16.4. The second kappa shape index (κ2) is 5.77. The van der Waals surface area contributed by atoms with Crippen molar-refractivity contribution in [3.63, 3.8) is 0 Å². The fourth-order valence-corrected chi connectivity index (χ4v) is 3.03. The predicted octanol–water partition coefficient (Wildman–Crippen LogP) is 5.71. The number of hydrogen-bond acceptors (Lipinski definition) is 0. The highest BCUT2D eigenvalue weighted by atomic mass is 35.5. The number of rotatable bonds is 2. The van der Waals surface area contributed by atoms with Crippen molar-refractivity contribution in [3.8, 4) is 0 Å². The van der Waals surface area contributed by atoms with Crippen LogP contribution in [0.3, 0.4) is 0 Å². The van der Waals surface area contributed by atoms with Gasteiger partial charge in [-0.3, -0.25) is 0 Å². The highest BCUT2D eigenvalue weighted by Crippen LogP contribution is 2.41. The molecule has 0 fully saturated rings. The standard InChI is InChI=1S/C16H19BCl2/c1-16(2,3)14-10-9-13(11-15(14)17(18)19)12-7-5-4-6-8-12/h4-9H,10-11H2,1-3H3. The lowest BCUT2D eigenvalue weighted by Gasteiger charge is -2.30. The zero-order valence-electron chi connectivity index (χ0n) is 11.7.